The molecule has 0 radical (unpaired) electrons. The number of carbonyl (C=O) groups is 1. The van der Waals surface area contributed by atoms with Crippen molar-refractivity contribution in [2.75, 3.05) is 10.6 Å². The van der Waals surface area contributed by atoms with Crippen molar-refractivity contribution in [3.63, 3.8) is 0 Å². The number of aryl methyl sites for hydroxylation is 2. The molecule has 0 aliphatic heterocycles. The van der Waals surface area contributed by atoms with Crippen LogP contribution in [0, 0.1) is 6.92 Å². The molecule has 0 unspecified atom stereocenters. The molecular weight excluding hydrogens is 442 g/mol. The Morgan fingerprint density at radius 2 is 1.97 bits per heavy atom. The minimum absolute atomic E-state index is 0.241. The fraction of sp³-hybridized carbons (Fsp3) is 0.0909. The average molecular weight is 460 g/mol. The van der Waals surface area contributed by atoms with Gasteiger partial charge in [-0.05, 0) is 36.8 Å². The summed E-state index contributed by atoms with van der Waals surface area (Å²) in [6, 6.07) is 12.4. The van der Waals surface area contributed by atoms with E-state index in [0.717, 1.165) is 11.3 Å². The molecule has 0 saturated carbocycles. The van der Waals surface area contributed by atoms with E-state index < -0.39 is 0 Å². The first-order chi connectivity index (χ1) is 16.0. The molecule has 4 heterocycles. The van der Waals surface area contributed by atoms with Crippen LogP contribution in [0.3, 0.4) is 0 Å². The fourth-order valence-corrected chi connectivity index (χ4v) is 3.50. The number of amides is 1. The van der Waals surface area contributed by atoms with E-state index in [2.05, 4.69) is 35.8 Å². The van der Waals surface area contributed by atoms with E-state index in [9.17, 15) is 4.79 Å². The second kappa shape index (κ2) is 8.32. The summed E-state index contributed by atoms with van der Waals surface area (Å²) in [6.45, 7) is 1.95. The molecule has 1 aromatic carbocycles. The van der Waals surface area contributed by atoms with E-state index in [0.29, 0.717) is 39.2 Å². The van der Waals surface area contributed by atoms with Crippen LogP contribution < -0.4 is 10.6 Å². The molecule has 2 N–H and O–H groups in total. The van der Waals surface area contributed by atoms with Gasteiger partial charge in [-0.2, -0.15) is 14.9 Å². The number of rotatable bonds is 5. The molecule has 0 bridgehead atoms. The summed E-state index contributed by atoms with van der Waals surface area (Å²) < 4.78 is 3.19. The molecule has 5 rings (SSSR count). The zero-order chi connectivity index (χ0) is 22.9. The van der Waals surface area contributed by atoms with Crippen LogP contribution in [0.1, 0.15) is 15.9 Å². The molecule has 0 aliphatic carbocycles. The molecule has 0 atom stereocenters. The topological polar surface area (TPSA) is 115 Å². The first kappa shape index (κ1) is 20.6. The van der Waals surface area contributed by atoms with Crippen LogP contribution in [-0.4, -0.2) is 40.4 Å². The minimum atomic E-state index is -0.241. The Bertz CT molecular complexity index is 1490. The highest BCUT2D eigenvalue weighted by Gasteiger charge is 2.15. The summed E-state index contributed by atoms with van der Waals surface area (Å²) in [7, 11) is 1.76. The monoisotopic (exact) mass is 459 g/mol. The largest absolute Gasteiger partial charge is 0.339 e. The van der Waals surface area contributed by atoms with Crippen molar-refractivity contribution in [1.82, 2.24) is 34.5 Å². The van der Waals surface area contributed by atoms with Crippen LogP contribution in [-0.2, 0) is 7.05 Å². The molecule has 11 heteroatoms. The Kier molecular flexibility index (Phi) is 5.19. The summed E-state index contributed by atoms with van der Waals surface area (Å²) in [4.78, 5) is 25.8. The van der Waals surface area contributed by atoms with Gasteiger partial charge in [0.25, 0.3) is 5.91 Å². The van der Waals surface area contributed by atoms with Gasteiger partial charge in [0.05, 0.1) is 17.8 Å². The molecule has 0 aliphatic rings. The van der Waals surface area contributed by atoms with Gasteiger partial charge >= 0.3 is 0 Å². The number of carbonyl (C=O) groups excluding carboxylic acids is 1. The Labute approximate surface area is 193 Å². The number of hydrogen-bond acceptors (Lipinski definition) is 7. The maximum absolute atomic E-state index is 12.7. The maximum atomic E-state index is 12.7. The van der Waals surface area contributed by atoms with Crippen molar-refractivity contribution in [3.05, 3.63) is 77.5 Å². The minimum Gasteiger partial charge on any atom is -0.339 e. The first-order valence-corrected chi connectivity index (χ1v) is 10.4. The average Bonchev–Trinajstić information content (AvgIpc) is 3.42. The number of benzene rings is 1. The van der Waals surface area contributed by atoms with Crippen molar-refractivity contribution in [2.24, 2.45) is 7.05 Å². The van der Waals surface area contributed by atoms with Gasteiger partial charge in [-0.15, -0.1) is 0 Å². The number of fused-ring (bicyclic) bond motifs is 1. The lowest BCUT2D eigenvalue weighted by atomic mass is 10.1. The molecule has 164 valence electrons. The smallest absolute Gasteiger partial charge is 0.256 e. The van der Waals surface area contributed by atoms with Crippen LogP contribution in [0.4, 0.5) is 17.3 Å². The number of anilines is 3. The highest BCUT2D eigenvalue weighted by Crippen LogP contribution is 2.27. The molecule has 1 amide bonds. The van der Waals surface area contributed by atoms with Crippen LogP contribution in [0.25, 0.3) is 16.9 Å². The molecule has 0 fully saturated rings. The highest BCUT2D eigenvalue weighted by atomic mass is 35.5. The number of halogens is 1. The lowest BCUT2D eigenvalue weighted by molar-refractivity contribution is 0.102. The van der Waals surface area contributed by atoms with Gasteiger partial charge in [0.1, 0.15) is 23.1 Å². The second-order valence-electron chi connectivity index (χ2n) is 7.28. The van der Waals surface area contributed by atoms with Crippen LogP contribution in [0.2, 0.25) is 5.15 Å². The van der Waals surface area contributed by atoms with Crippen molar-refractivity contribution in [2.45, 2.75) is 6.92 Å². The van der Waals surface area contributed by atoms with Gasteiger partial charge in [0.15, 0.2) is 11.5 Å². The maximum Gasteiger partial charge on any atom is 0.256 e. The molecular formula is C22H18ClN9O. The van der Waals surface area contributed by atoms with Gasteiger partial charge in [0.2, 0.25) is 0 Å². The SMILES string of the molecule is Cc1ccc(C(=O)Nc2ccnn2C)cc1Nc1ncnc2c1cnn2-c1cccc(Cl)n1. The molecule has 4 aromatic heterocycles. The Morgan fingerprint density at radius 1 is 1.09 bits per heavy atom. The number of aromatic nitrogens is 7. The van der Waals surface area contributed by atoms with Crippen LogP contribution >= 0.6 is 11.6 Å². The standard InChI is InChI=1S/C22H18ClN9O/c1-13-6-7-14(22(33)30-18-8-9-26-31(18)2)10-16(13)28-20-15-11-27-32(21(15)25-12-24-20)19-5-3-4-17(23)29-19/h3-12H,1-2H3,(H,30,33)(H,24,25,28). The molecule has 0 saturated heterocycles. The zero-order valence-corrected chi connectivity index (χ0v) is 18.4. The summed E-state index contributed by atoms with van der Waals surface area (Å²) >= 11 is 6.03. The van der Waals surface area contributed by atoms with E-state index in [1.807, 2.05) is 13.0 Å². The van der Waals surface area contributed by atoms with E-state index in [1.54, 1.807) is 65.2 Å². The van der Waals surface area contributed by atoms with E-state index in [4.69, 9.17) is 11.6 Å². The summed E-state index contributed by atoms with van der Waals surface area (Å²) in [5.41, 5.74) is 2.75. The van der Waals surface area contributed by atoms with Crippen LogP contribution in [0.15, 0.2) is 61.2 Å². The third kappa shape index (κ3) is 3.99. The lowest BCUT2D eigenvalue weighted by Gasteiger charge is -2.12. The van der Waals surface area contributed by atoms with Crippen molar-refractivity contribution >= 4 is 45.9 Å². The van der Waals surface area contributed by atoms with Crippen molar-refractivity contribution in [3.8, 4) is 5.82 Å². The molecule has 33 heavy (non-hydrogen) atoms. The predicted molar refractivity (Wildman–Crippen MR) is 125 cm³/mol. The van der Waals surface area contributed by atoms with E-state index >= 15 is 0 Å². The summed E-state index contributed by atoms with van der Waals surface area (Å²) in [5, 5.41) is 15.7. The summed E-state index contributed by atoms with van der Waals surface area (Å²) in [5.74, 6) is 1.47. The van der Waals surface area contributed by atoms with E-state index in [1.165, 1.54) is 6.33 Å². The van der Waals surface area contributed by atoms with Crippen LogP contribution in [0.5, 0.6) is 0 Å². The van der Waals surface area contributed by atoms with E-state index in [-0.39, 0.29) is 5.91 Å². The first-order valence-electron chi connectivity index (χ1n) is 9.98. The fourth-order valence-electron chi connectivity index (χ4n) is 3.34. The Hall–Kier alpha value is -4.31. The Balaban J connectivity index is 1.47. The lowest BCUT2D eigenvalue weighted by Crippen LogP contribution is -2.15. The Morgan fingerprint density at radius 3 is 2.76 bits per heavy atom. The third-order valence-corrected chi connectivity index (χ3v) is 5.31. The molecule has 0 spiro atoms. The third-order valence-electron chi connectivity index (χ3n) is 5.10. The van der Waals surface area contributed by atoms with Gasteiger partial charge in [-0.1, -0.05) is 23.7 Å². The normalized spacial score (nSPS) is 11.0. The zero-order valence-electron chi connectivity index (χ0n) is 17.7. The van der Waals surface area contributed by atoms with Crippen molar-refractivity contribution in [1.29, 1.82) is 0 Å². The number of pyridine rings is 1. The van der Waals surface area contributed by atoms with Gasteiger partial charge in [-0.25, -0.2) is 15.0 Å². The molecule has 5 aromatic rings. The van der Waals surface area contributed by atoms with Gasteiger partial charge < -0.3 is 10.6 Å². The second-order valence-corrected chi connectivity index (χ2v) is 7.67. The number of hydrogen-bond donors (Lipinski definition) is 2. The highest BCUT2D eigenvalue weighted by molar-refractivity contribution is 6.29. The number of nitrogens with zero attached hydrogens (tertiary/aromatic N) is 7. The predicted octanol–water partition coefficient (Wildman–Crippen LogP) is 3.90. The quantitative estimate of drug-likeness (QED) is 0.383. The number of nitrogens with one attached hydrogen (secondary N) is 2. The van der Waals surface area contributed by atoms with Gasteiger partial charge in [0, 0.05) is 24.4 Å². The van der Waals surface area contributed by atoms with Crippen molar-refractivity contribution < 1.29 is 4.79 Å². The summed E-state index contributed by atoms with van der Waals surface area (Å²) in [6.07, 6.45) is 4.73. The molecule has 10 nitrogen and oxygen atoms in total. The van der Waals surface area contributed by atoms with Gasteiger partial charge in [-0.3, -0.25) is 9.48 Å².